The minimum Gasteiger partial charge on any atom is -0.480 e. The van der Waals surface area contributed by atoms with Gasteiger partial charge in [-0.3, -0.25) is 4.79 Å². The number of hydrogen-bond acceptors (Lipinski definition) is 2. The lowest BCUT2D eigenvalue weighted by atomic mass is 9.89. The zero-order chi connectivity index (χ0) is 19.4. The van der Waals surface area contributed by atoms with E-state index in [4.69, 9.17) is 4.74 Å². The summed E-state index contributed by atoms with van der Waals surface area (Å²) in [5, 5.41) is 3.14. The zero-order valence-electron chi connectivity index (χ0n) is 17.0. The third-order valence-electron chi connectivity index (χ3n) is 5.72. The van der Waals surface area contributed by atoms with Crippen molar-refractivity contribution in [2.75, 3.05) is 0 Å². The van der Waals surface area contributed by atoms with Gasteiger partial charge in [-0.15, -0.1) is 0 Å². The van der Waals surface area contributed by atoms with Gasteiger partial charge >= 0.3 is 0 Å². The summed E-state index contributed by atoms with van der Waals surface area (Å²) in [5.41, 5.74) is 6.34. The van der Waals surface area contributed by atoms with Crippen molar-refractivity contribution in [2.24, 2.45) is 0 Å². The zero-order valence-corrected chi connectivity index (χ0v) is 17.0. The molecule has 144 valence electrons. The Bertz CT molecular complexity index is 812. The fourth-order valence-corrected chi connectivity index (χ4v) is 3.74. The molecule has 1 amide bonds. The van der Waals surface area contributed by atoms with Crippen molar-refractivity contribution in [1.82, 2.24) is 5.32 Å². The lowest BCUT2D eigenvalue weighted by Crippen LogP contribution is -2.39. The Morgan fingerprint density at radius 3 is 2.59 bits per heavy atom. The van der Waals surface area contributed by atoms with Gasteiger partial charge in [0.15, 0.2) is 6.10 Å². The SMILES string of the molecule is CC[C@@H](Oc1cccc(C)c1C)C(=O)N[C@@H](C)c1ccc2c(c1)CCCC2. The van der Waals surface area contributed by atoms with E-state index in [0.717, 1.165) is 17.7 Å². The minimum absolute atomic E-state index is 0.0269. The van der Waals surface area contributed by atoms with Crippen LogP contribution in [-0.4, -0.2) is 12.0 Å². The molecule has 2 atom stereocenters. The Hall–Kier alpha value is -2.29. The van der Waals surface area contributed by atoms with Crippen molar-refractivity contribution < 1.29 is 9.53 Å². The molecule has 2 aromatic rings. The van der Waals surface area contributed by atoms with Crippen molar-refractivity contribution in [3.05, 3.63) is 64.2 Å². The van der Waals surface area contributed by atoms with Crippen LogP contribution in [0.25, 0.3) is 0 Å². The number of carbonyl (C=O) groups is 1. The predicted octanol–water partition coefficient (Wildman–Crippen LogP) is 5.22. The normalized spacial score (nSPS) is 15.6. The van der Waals surface area contributed by atoms with Crippen LogP contribution >= 0.6 is 0 Å². The summed E-state index contributed by atoms with van der Waals surface area (Å²) >= 11 is 0. The number of ether oxygens (including phenoxy) is 1. The van der Waals surface area contributed by atoms with Gasteiger partial charge in [0.1, 0.15) is 5.75 Å². The summed E-state index contributed by atoms with van der Waals surface area (Å²) in [7, 11) is 0. The van der Waals surface area contributed by atoms with Crippen molar-refractivity contribution in [1.29, 1.82) is 0 Å². The van der Waals surface area contributed by atoms with E-state index in [-0.39, 0.29) is 11.9 Å². The van der Waals surface area contributed by atoms with E-state index in [2.05, 4.69) is 36.5 Å². The Morgan fingerprint density at radius 1 is 1.11 bits per heavy atom. The predicted molar refractivity (Wildman–Crippen MR) is 110 cm³/mol. The van der Waals surface area contributed by atoms with E-state index in [0.29, 0.717) is 6.42 Å². The summed E-state index contributed by atoms with van der Waals surface area (Å²) in [4.78, 5) is 12.8. The van der Waals surface area contributed by atoms with Gasteiger partial charge in [0.2, 0.25) is 0 Å². The number of amides is 1. The van der Waals surface area contributed by atoms with E-state index in [1.54, 1.807) is 0 Å². The van der Waals surface area contributed by atoms with E-state index in [1.165, 1.54) is 41.5 Å². The molecule has 0 aromatic heterocycles. The van der Waals surface area contributed by atoms with Gasteiger partial charge in [-0.25, -0.2) is 0 Å². The van der Waals surface area contributed by atoms with Crippen molar-refractivity contribution in [3.63, 3.8) is 0 Å². The summed E-state index contributed by atoms with van der Waals surface area (Å²) in [6.07, 6.45) is 5.03. The molecule has 3 rings (SSSR count). The average molecular weight is 366 g/mol. The van der Waals surface area contributed by atoms with Crippen molar-refractivity contribution in [3.8, 4) is 5.75 Å². The lowest BCUT2D eigenvalue weighted by Gasteiger charge is -2.23. The number of fused-ring (bicyclic) bond motifs is 1. The molecule has 0 heterocycles. The fraction of sp³-hybridized carbons (Fsp3) is 0.458. The molecule has 0 saturated carbocycles. The maximum Gasteiger partial charge on any atom is 0.261 e. The summed E-state index contributed by atoms with van der Waals surface area (Å²) in [5.74, 6) is 0.738. The van der Waals surface area contributed by atoms with Crippen LogP contribution in [0, 0.1) is 13.8 Å². The van der Waals surface area contributed by atoms with Gasteiger partial charge < -0.3 is 10.1 Å². The van der Waals surface area contributed by atoms with Crippen LogP contribution in [0.1, 0.15) is 67.0 Å². The van der Waals surface area contributed by atoms with Gasteiger partial charge in [0.05, 0.1) is 6.04 Å². The first-order valence-electron chi connectivity index (χ1n) is 10.1. The first-order chi connectivity index (χ1) is 13.0. The van der Waals surface area contributed by atoms with E-state index in [9.17, 15) is 4.79 Å². The molecular weight excluding hydrogens is 334 g/mol. The van der Waals surface area contributed by atoms with Gasteiger partial charge in [0.25, 0.3) is 5.91 Å². The Balaban J connectivity index is 1.68. The molecule has 1 aliphatic rings. The molecule has 0 unspecified atom stereocenters. The quantitative estimate of drug-likeness (QED) is 0.762. The highest BCUT2D eigenvalue weighted by atomic mass is 16.5. The van der Waals surface area contributed by atoms with Crippen molar-refractivity contribution >= 4 is 5.91 Å². The summed E-state index contributed by atoms with van der Waals surface area (Å²) in [6, 6.07) is 12.6. The monoisotopic (exact) mass is 365 g/mol. The molecule has 0 fully saturated rings. The molecule has 3 heteroatoms. The maximum absolute atomic E-state index is 12.8. The molecule has 3 nitrogen and oxygen atoms in total. The topological polar surface area (TPSA) is 38.3 Å². The summed E-state index contributed by atoms with van der Waals surface area (Å²) in [6.45, 7) is 8.12. The molecular formula is C24H31NO2. The van der Waals surface area contributed by atoms with Crippen LogP contribution < -0.4 is 10.1 Å². The molecule has 0 spiro atoms. The molecule has 2 aromatic carbocycles. The van der Waals surface area contributed by atoms with Crippen molar-refractivity contribution in [2.45, 2.75) is 71.9 Å². The molecule has 0 radical (unpaired) electrons. The highest BCUT2D eigenvalue weighted by Gasteiger charge is 2.22. The highest BCUT2D eigenvalue weighted by Crippen LogP contribution is 2.26. The molecule has 27 heavy (non-hydrogen) atoms. The highest BCUT2D eigenvalue weighted by molar-refractivity contribution is 5.81. The number of aryl methyl sites for hydroxylation is 3. The number of benzene rings is 2. The standard InChI is InChI=1S/C24H31NO2/c1-5-22(27-23-12-8-9-16(2)17(23)3)24(26)25-18(4)20-14-13-19-10-6-7-11-21(19)15-20/h8-9,12-15,18,22H,5-7,10-11H2,1-4H3,(H,25,26)/t18-,22+/m0/s1. The van der Waals surface area contributed by atoms with Gasteiger partial charge in [0, 0.05) is 0 Å². The Labute approximate surface area is 163 Å². The van der Waals surface area contributed by atoms with Crippen LogP contribution in [0.5, 0.6) is 5.75 Å². The molecule has 0 bridgehead atoms. The average Bonchev–Trinajstić information content (AvgIpc) is 2.68. The second kappa shape index (κ2) is 8.60. The van der Waals surface area contributed by atoms with Crippen LogP contribution in [0.2, 0.25) is 0 Å². The molecule has 1 N–H and O–H groups in total. The second-order valence-corrected chi connectivity index (χ2v) is 7.68. The Kier molecular flexibility index (Phi) is 6.20. The third kappa shape index (κ3) is 4.52. The van der Waals surface area contributed by atoms with E-state index in [1.807, 2.05) is 32.9 Å². The fourth-order valence-electron chi connectivity index (χ4n) is 3.74. The Morgan fingerprint density at radius 2 is 1.85 bits per heavy atom. The van der Waals surface area contributed by atoms with Gasteiger partial charge in [-0.1, -0.05) is 37.3 Å². The minimum atomic E-state index is -0.481. The first-order valence-corrected chi connectivity index (χ1v) is 10.1. The maximum atomic E-state index is 12.8. The van der Waals surface area contributed by atoms with Crippen LogP contribution in [0.3, 0.4) is 0 Å². The van der Waals surface area contributed by atoms with Gasteiger partial charge in [-0.2, -0.15) is 0 Å². The van der Waals surface area contributed by atoms with Crippen LogP contribution in [-0.2, 0) is 17.6 Å². The largest absolute Gasteiger partial charge is 0.480 e. The van der Waals surface area contributed by atoms with E-state index >= 15 is 0 Å². The summed E-state index contributed by atoms with van der Waals surface area (Å²) < 4.78 is 6.05. The number of carbonyl (C=O) groups excluding carboxylic acids is 1. The molecule has 0 aliphatic heterocycles. The first kappa shape index (κ1) is 19.5. The van der Waals surface area contributed by atoms with Gasteiger partial charge in [-0.05, 0) is 86.8 Å². The smallest absolute Gasteiger partial charge is 0.261 e. The lowest BCUT2D eigenvalue weighted by molar-refractivity contribution is -0.128. The number of hydrogen-bond donors (Lipinski definition) is 1. The van der Waals surface area contributed by atoms with Crippen LogP contribution in [0.15, 0.2) is 36.4 Å². The third-order valence-corrected chi connectivity index (χ3v) is 5.72. The number of nitrogens with one attached hydrogen (secondary N) is 1. The van der Waals surface area contributed by atoms with Crippen LogP contribution in [0.4, 0.5) is 0 Å². The molecule has 1 aliphatic carbocycles. The van der Waals surface area contributed by atoms with E-state index < -0.39 is 6.10 Å². The molecule has 0 saturated heterocycles. The second-order valence-electron chi connectivity index (χ2n) is 7.68. The number of rotatable bonds is 6.